The maximum absolute atomic E-state index is 2.63. The number of hydrogen-bond donors (Lipinski definition) is 0. The first kappa shape index (κ1) is 52.9. The molecule has 0 aromatic heterocycles. The molecule has 0 aromatic rings. The summed E-state index contributed by atoms with van der Waals surface area (Å²) in [6.45, 7) is 16.7. The van der Waals surface area contributed by atoms with Crippen LogP contribution in [0.2, 0.25) is 0 Å². The molecular formula is C50H108N3+3. The van der Waals surface area contributed by atoms with E-state index < -0.39 is 0 Å². The Morgan fingerprint density at radius 2 is 0.340 bits per heavy atom. The summed E-state index contributed by atoms with van der Waals surface area (Å²) in [7, 11) is 12.6. The number of nitrogens with zero attached hydrogens (tertiary/aromatic N) is 3. The average molecular weight is 751 g/mol. The summed E-state index contributed by atoms with van der Waals surface area (Å²) in [5.41, 5.74) is 0. The first-order valence-corrected chi connectivity index (χ1v) is 25.1. The van der Waals surface area contributed by atoms with E-state index in [4.69, 9.17) is 0 Å². The summed E-state index contributed by atoms with van der Waals surface area (Å²) in [5, 5.41) is 0. The van der Waals surface area contributed by atoms with Crippen LogP contribution >= 0.6 is 0 Å². The van der Waals surface area contributed by atoms with Crippen molar-refractivity contribution in [1.82, 2.24) is 0 Å². The fraction of sp³-hybridized carbons (Fsp3) is 1.00. The van der Waals surface area contributed by atoms with Gasteiger partial charge in [0.05, 0.1) is 81.1 Å². The number of unbranched alkanes of at least 4 members (excludes halogenated alkanes) is 30. The van der Waals surface area contributed by atoms with Crippen molar-refractivity contribution >= 4 is 0 Å². The Bertz CT molecular complexity index is 669. The molecule has 0 unspecified atom stereocenters. The topological polar surface area (TPSA) is 0 Å². The molecule has 0 aliphatic heterocycles. The Balaban J connectivity index is 4.36. The molecule has 0 atom stereocenters. The maximum atomic E-state index is 2.63. The van der Waals surface area contributed by atoms with Gasteiger partial charge in [-0.25, -0.2) is 0 Å². The van der Waals surface area contributed by atoms with Crippen LogP contribution in [-0.2, 0) is 0 Å². The molecule has 3 nitrogen and oxygen atoms in total. The van der Waals surface area contributed by atoms with Crippen molar-refractivity contribution in [3.8, 4) is 0 Å². The zero-order valence-electron chi connectivity index (χ0n) is 39.0. The predicted molar refractivity (Wildman–Crippen MR) is 243 cm³/mol. The molecule has 3 heteroatoms. The van der Waals surface area contributed by atoms with E-state index in [1.54, 1.807) is 0 Å². The lowest BCUT2D eigenvalue weighted by Gasteiger charge is -2.35. The fourth-order valence-electron chi connectivity index (χ4n) is 8.84. The summed E-state index contributed by atoms with van der Waals surface area (Å²) in [6, 6.07) is 0. The highest BCUT2D eigenvalue weighted by atomic mass is 15.3. The second-order valence-corrected chi connectivity index (χ2v) is 19.9. The van der Waals surface area contributed by atoms with Crippen LogP contribution in [0.15, 0.2) is 0 Å². The third-order valence-electron chi connectivity index (χ3n) is 13.0. The summed E-state index contributed by atoms with van der Waals surface area (Å²) in [5.74, 6) is 0. The molecule has 0 bridgehead atoms. The SMILES string of the molecule is CCCCCCCCCCC[N+](C)(C)CCCCCC[N+](C)(CCCCCCCCCCC)CCCCCC[N+](C)(C)CCCCCCCCCCC. The van der Waals surface area contributed by atoms with E-state index in [1.807, 2.05) is 0 Å². The molecule has 0 aromatic carbocycles. The molecule has 0 heterocycles. The second kappa shape index (κ2) is 37.5. The lowest BCUT2D eigenvalue weighted by atomic mass is 10.1. The summed E-state index contributed by atoms with van der Waals surface area (Å²) in [4.78, 5) is 0. The zero-order valence-corrected chi connectivity index (χ0v) is 39.0. The van der Waals surface area contributed by atoms with E-state index in [1.165, 1.54) is 284 Å². The van der Waals surface area contributed by atoms with Gasteiger partial charge in [0.1, 0.15) is 0 Å². The molecule has 0 radical (unpaired) electrons. The predicted octanol–water partition coefficient (Wildman–Crippen LogP) is 15.3. The van der Waals surface area contributed by atoms with Crippen LogP contribution in [0.5, 0.6) is 0 Å². The minimum Gasteiger partial charge on any atom is -0.328 e. The molecule has 0 saturated carbocycles. The molecule has 0 spiro atoms. The van der Waals surface area contributed by atoms with Gasteiger partial charge < -0.3 is 13.4 Å². The highest BCUT2D eigenvalue weighted by Gasteiger charge is 2.21. The van der Waals surface area contributed by atoms with Gasteiger partial charge in [0.2, 0.25) is 0 Å². The molecule has 0 aliphatic rings. The molecule has 0 saturated heterocycles. The van der Waals surface area contributed by atoms with Crippen molar-refractivity contribution in [2.24, 2.45) is 0 Å². The minimum atomic E-state index is 1.23. The van der Waals surface area contributed by atoms with Gasteiger partial charge in [-0.1, -0.05) is 156 Å². The van der Waals surface area contributed by atoms with E-state index in [9.17, 15) is 0 Å². The summed E-state index contributed by atoms with van der Waals surface area (Å²) < 4.78 is 3.81. The Morgan fingerprint density at radius 3 is 0.528 bits per heavy atom. The third kappa shape index (κ3) is 38.5. The zero-order chi connectivity index (χ0) is 39.2. The lowest BCUT2D eigenvalue weighted by Crippen LogP contribution is -2.46. The number of rotatable bonds is 44. The monoisotopic (exact) mass is 751 g/mol. The van der Waals surface area contributed by atoms with Crippen LogP contribution in [0, 0.1) is 0 Å². The van der Waals surface area contributed by atoms with Gasteiger partial charge in [0.15, 0.2) is 0 Å². The van der Waals surface area contributed by atoms with Crippen molar-refractivity contribution in [3.63, 3.8) is 0 Å². The summed E-state index contributed by atoms with van der Waals surface area (Å²) in [6.07, 6.45) is 50.4. The Kier molecular flexibility index (Phi) is 37.4. The van der Waals surface area contributed by atoms with E-state index in [-0.39, 0.29) is 0 Å². The van der Waals surface area contributed by atoms with Crippen molar-refractivity contribution in [2.45, 2.75) is 245 Å². The second-order valence-electron chi connectivity index (χ2n) is 19.9. The Hall–Kier alpha value is -0.120. The van der Waals surface area contributed by atoms with Crippen molar-refractivity contribution in [1.29, 1.82) is 0 Å². The number of quaternary nitrogens is 3. The molecule has 53 heavy (non-hydrogen) atoms. The molecular weight excluding hydrogens is 643 g/mol. The largest absolute Gasteiger partial charge is 0.328 e. The standard InChI is InChI=1S/C50H108N3/c1-9-12-15-18-21-24-27-30-37-44-51(4,5)46-39-33-35-42-49-53(8,48-41-32-29-26-23-20-17-14-11-3)50-43-36-34-40-47-52(6,7)45-38-31-28-25-22-19-16-13-10-2/h9-50H2,1-8H3/q+3. The Morgan fingerprint density at radius 1 is 0.189 bits per heavy atom. The smallest absolute Gasteiger partial charge is 0.0784 e. The quantitative estimate of drug-likeness (QED) is 0.0430. The first-order valence-electron chi connectivity index (χ1n) is 25.1. The molecule has 0 fully saturated rings. The van der Waals surface area contributed by atoms with Gasteiger partial charge in [-0.2, -0.15) is 0 Å². The van der Waals surface area contributed by atoms with Crippen molar-refractivity contribution in [3.05, 3.63) is 0 Å². The van der Waals surface area contributed by atoms with E-state index in [0.29, 0.717) is 0 Å². The highest BCUT2D eigenvalue weighted by molar-refractivity contribution is 4.53. The van der Waals surface area contributed by atoms with Crippen LogP contribution in [0.25, 0.3) is 0 Å². The molecule has 320 valence electrons. The van der Waals surface area contributed by atoms with Gasteiger partial charge in [0, 0.05) is 0 Å². The maximum Gasteiger partial charge on any atom is 0.0784 e. The van der Waals surface area contributed by atoms with Crippen molar-refractivity contribution in [2.75, 3.05) is 81.1 Å². The van der Waals surface area contributed by atoms with Gasteiger partial charge in [-0.15, -0.1) is 0 Å². The van der Waals surface area contributed by atoms with Crippen LogP contribution in [0.1, 0.15) is 245 Å². The average Bonchev–Trinajstić information content (AvgIpc) is 3.12. The highest BCUT2D eigenvalue weighted by Crippen LogP contribution is 2.18. The molecule has 0 amide bonds. The first-order chi connectivity index (χ1) is 25.6. The summed E-state index contributed by atoms with van der Waals surface area (Å²) >= 11 is 0. The Labute approximate surface area is 339 Å². The van der Waals surface area contributed by atoms with Crippen LogP contribution in [-0.4, -0.2) is 94.5 Å². The van der Waals surface area contributed by atoms with Gasteiger partial charge in [-0.05, 0) is 89.9 Å². The molecule has 0 N–H and O–H groups in total. The third-order valence-corrected chi connectivity index (χ3v) is 13.0. The van der Waals surface area contributed by atoms with Crippen LogP contribution in [0.3, 0.4) is 0 Å². The van der Waals surface area contributed by atoms with Crippen molar-refractivity contribution < 1.29 is 13.4 Å². The van der Waals surface area contributed by atoms with Gasteiger partial charge >= 0.3 is 0 Å². The van der Waals surface area contributed by atoms with E-state index in [2.05, 4.69) is 56.0 Å². The van der Waals surface area contributed by atoms with Crippen LogP contribution < -0.4 is 0 Å². The van der Waals surface area contributed by atoms with E-state index >= 15 is 0 Å². The van der Waals surface area contributed by atoms with E-state index in [0.717, 1.165) is 0 Å². The molecule has 0 aliphatic carbocycles. The fourth-order valence-corrected chi connectivity index (χ4v) is 8.84. The lowest BCUT2D eigenvalue weighted by molar-refractivity contribution is -0.910. The molecule has 0 rings (SSSR count). The van der Waals surface area contributed by atoms with Crippen LogP contribution in [0.4, 0.5) is 0 Å². The number of hydrogen-bond acceptors (Lipinski definition) is 0. The van der Waals surface area contributed by atoms with Gasteiger partial charge in [0.25, 0.3) is 0 Å². The normalized spacial score (nSPS) is 12.7. The minimum absolute atomic E-state index is 1.23. The van der Waals surface area contributed by atoms with Gasteiger partial charge in [-0.3, -0.25) is 0 Å².